The molecule has 0 atom stereocenters. The first-order chi connectivity index (χ1) is 18.8. The molecule has 206 valence electrons. The summed E-state index contributed by atoms with van der Waals surface area (Å²) in [5.41, 5.74) is 5.40. The number of benzene rings is 3. The van der Waals surface area contributed by atoms with E-state index in [-0.39, 0.29) is 12.5 Å². The average molecular weight is 645 g/mol. The van der Waals surface area contributed by atoms with E-state index in [1.54, 1.807) is 24.3 Å². The molecular weight excluding hydrogens is 613 g/mol. The Morgan fingerprint density at radius 2 is 1.51 bits per heavy atom. The minimum absolute atomic E-state index is 0.181. The maximum atomic E-state index is 12.6. The molecule has 3 aromatic carbocycles. The van der Waals surface area contributed by atoms with Crippen LogP contribution in [0.1, 0.15) is 42.3 Å². The van der Waals surface area contributed by atoms with Gasteiger partial charge in [-0.3, -0.25) is 9.59 Å². The molecule has 0 spiro atoms. The molecule has 0 unspecified atom stereocenters. The number of ether oxygens (including phenoxy) is 4. The van der Waals surface area contributed by atoms with Crippen LogP contribution in [0.15, 0.2) is 59.7 Å². The fraction of sp³-hybridized carbons (Fsp3) is 0.276. The largest absolute Gasteiger partial charge is 0.490 e. The molecule has 3 rings (SSSR count). The molecule has 10 heteroatoms. The van der Waals surface area contributed by atoms with Crippen molar-refractivity contribution in [1.29, 1.82) is 0 Å². The van der Waals surface area contributed by atoms with Gasteiger partial charge in [-0.2, -0.15) is 5.10 Å². The van der Waals surface area contributed by atoms with Gasteiger partial charge in [0.1, 0.15) is 0 Å². The third-order valence-electron chi connectivity index (χ3n) is 5.20. The van der Waals surface area contributed by atoms with Gasteiger partial charge in [0, 0.05) is 11.3 Å². The molecule has 0 aromatic heterocycles. The Labute approximate surface area is 242 Å². The second kappa shape index (κ2) is 15.0. The second-order valence-corrected chi connectivity index (χ2v) is 9.35. The van der Waals surface area contributed by atoms with Crippen molar-refractivity contribution < 1.29 is 28.5 Å². The summed E-state index contributed by atoms with van der Waals surface area (Å²) in [6, 6.07) is 16.0. The van der Waals surface area contributed by atoms with Crippen molar-refractivity contribution in [2.75, 3.05) is 31.7 Å². The minimum Gasteiger partial charge on any atom is -0.490 e. The number of halogens is 1. The molecule has 2 amide bonds. The van der Waals surface area contributed by atoms with E-state index in [0.29, 0.717) is 59.6 Å². The van der Waals surface area contributed by atoms with E-state index in [1.807, 2.05) is 58.0 Å². The summed E-state index contributed by atoms with van der Waals surface area (Å²) in [6.45, 7) is 8.73. The highest BCUT2D eigenvalue weighted by molar-refractivity contribution is 14.1. The normalized spacial score (nSPS) is 10.7. The Balaban J connectivity index is 1.66. The van der Waals surface area contributed by atoms with Crippen molar-refractivity contribution in [2.24, 2.45) is 5.10 Å². The van der Waals surface area contributed by atoms with Gasteiger partial charge in [0.2, 0.25) is 0 Å². The maximum absolute atomic E-state index is 12.6. The average Bonchev–Trinajstić information content (AvgIpc) is 2.91. The summed E-state index contributed by atoms with van der Waals surface area (Å²) in [5.74, 6) is 1.31. The van der Waals surface area contributed by atoms with Crippen LogP contribution in [0, 0.1) is 10.5 Å². The summed E-state index contributed by atoms with van der Waals surface area (Å²) < 4.78 is 23.4. The van der Waals surface area contributed by atoms with Crippen LogP contribution in [0.25, 0.3) is 0 Å². The highest BCUT2D eigenvalue weighted by Gasteiger charge is 2.15. The number of anilines is 1. The standard InChI is InChI=1S/C29H32IN3O6/c1-5-36-24-13-10-21(16-25(24)37-6-2)29(35)33-31-17-20-14-23(30)28(26(15-20)38-7-3)39-18-27(34)32-22-11-8-19(4)9-12-22/h8-17H,5-7,18H2,1-4H3,(H,32,34)(H,33,35)/b31-17+. The van der Waals surface area contributed by atoms with E-state index >= 15 is 0 Å². The molecule has 0 saturated carbocycles. The summed E-state index contributed by atoms with van der Waals surface area (Å²) in [5, 5.41) is 6.90. The smallest absolute Gasteiger partial charge is 0.271 e. The molecule has 0 bridgehead atoms. The number of nitrogens with zero attached hydrogens (tertiary/aromatic N) is 1. The van der Waals surface area contributed by atoms with Gasteiger partial charge in [0.25, 0.3) is 11.8 Å². The number of aryl methyl sites for hydroxylation is 1. The lowest BCUT2D eigenvalue weighted by Gasteiger charge is -2.14. The van der Waals surface area contributed by atoms with Gasteiger partial charge in [-0.1, -0.05) is 17.7 Å². The predicted molar refractivity (Wildman–Crippen MR) is 159 cm³/mol. The maximum Gasteiger partial charge on any atom is 0.271 e. The van der Waals surface area contributed by atoms with Crippen molar-refractivity contribution in [3.05, 3.63) is 74.9 Å². The van der Waals surface area contributed by atoms with Gasteiger partial charge in [0.05, 0.1) is 29.6 Å². The Hall–Kier alpha value is -3.80. The molecule has 0 aliphatic carbocycles. The molecule has 39 heavy (non-hydrogen) atoms. The van der Waals surface area contributed by atoms with E-state index < -0.39 is 5.91 Å². The fourth-order valence-electron chi connectivity index (χ4n) is 3.46. The number of hydrogen-bond acceptors (Lipinski definition) is 7. The van der Waals surface area contributed by atoms with Crippen LogP contribution in [0.4, 0.5) is 5.69 Å². The lowest BCUT2D eigenvalue weighted by atomic mass is 10.2. The van der Waals surface area contributed by atoms with Gasteiger partial charge >= 0.3 is 0 Å². The lowest BCUT2D eigenvalue weighted by Crippen LogP contribution is -2.20. The molecule has 0 fully saturated rings. The van der Waals surface area contributed by atoms with Crippen molar-refractivity contribution in [2.45, 2.75) is 27.7 Å². The zero-order valence-corrected chi connectivity index (χ0v) is 24.5. The number of carbonyl (C=O) groups is 2. The van der Waals surface area contributed by atoms with Crippen LogP contribution in [0.3, 0.4) is 0 Å². The Morgan fingerprint density at radius 1 is 0.846 bits per heavy atom. The third-order valence-corrected chi connectivity index (χ3v) is 6.00. The summed E-state index contributed by atoms with van der Waals surface area (Å²) in [4.78, 5) is 25.0. The van der Waals surface area contributed by atoms with Gasteiger partial charge in [-0.15, -0.1) is 0 Å². The molecule has 0 aliphatic heterocycles. The molecule has 0 aliphatic rings. The first-order valence-corrected chi connectivity index (χ1v) is 13.6. The van der Waals surface area contributed by atoms with Crippen molar-refractivity contribution in [3.8, 4) is 23.0 Å². The van der Waals surface area contributed by atoms with Gasteiger partial charge in [-0.05, 0) is 98.3 Å². The topological polar surface area (TPSA) is 107 Å². The number of carbonyl (C=O) groups excluding carboxylic acids is 2. The lowest BCUT2D eigenvalue weighted by molar-refractivity contribution is -0.118. The van der Waals surface area contributed by atoms with E-state index in [1.165, 1.54) is 6.21 Å². The van der Waals surface area contributed by atoms with Crippen LogP contribution < -0.4 is 29.7 Å². The first kappa shape index (κ1) is 29.8. The van der Waals surface area contributed by atoms with Gasteiger partial charge in [-0.25, -0.2) is 5.43 Å². The molecule has 0 heterocycles. The number of hydrogen-bond donors (Lipinski definition) is 2. The highest BCUT2D eigenvalue weighted by Crippen LogP contribution is 2.34. The molecule has 2 N–H and O–H groups in total. The molecule has 3 aromatic rings. The molecule has 0 saturated heterocycles. The SMILES string of the molecule is CCOc1ccc(C(=O)N/N=C/c2cc(I)c(OCC(=O)Nc3ccc(C)cc3)c(OCC)c2)cc1OCC. The van der Waals surface area contributed by atoms with Crippen molar-refractivity contribution >= 4 is 46.3 Å². The Kier molecular flexibility index (Phi) is 11.4. The molecule has 9 nitrogen and oxygen atoms in total. The van der Waals surface area contributed by atoms with Crippen LogP contribution in [-0.2, 0) is 4.79 Å². The summed E-state index contributed by atoms with van der Waals surface area (Å²) in [7, 11) is 0. The second-order valence-electron chi connectivity index (χ2n) is 8.19. The van der Waals surface area contributed by atoms with Gasteiger partial charge in [0.15, 0.2) is 29.6 Å². The zero-order chi connectivity index (χ0) is 28.2. The fourth-order valence-corrected chi connectivity index (χ4v) is 4.24. The summed E-state index contributed by atoms with van der Waals surface area (Å²) in [6.07, 6.45) is 1.51. The number of hydrazone groups is 1. The number of rotatable bonds is 13. The Bertz CT molecular complexity index is 1310. The number of nitrogens with one attached hydrogen (secondary N) is 2. The summed E-state index contributed by atoms with van der Waals surface area (Å²) >= 11 is 2.11. The van der Waals surface area contributed by atoms with Crippen LogP contribution in [0.5, 0.6) is 23.0 Å². The number of amides is 2. The molecular formula is C29H32IN3O6. The predicted octanol–water partition coefficient (Wildman–Crippen LogP) is 5.58. The Morgan fingerprint density at radius 3 is 2.21 bits per heavy atom. The quantitative estimate of drug-likeness (QED) is 0.143. The minimum atomic E-state index is -0.394. The van der Waals surface area contributed by atoms with E-state index in [0.717, 1.165) is 9.13 Å². The zero-order valence-electron chi connectivity index (χ0n) is 22.4. The molecule has 0 radical (unpaired) electrons. The monoisotopic (exact) mass is 645 g/mol. The van der Waals surface area contributed by atoms with Crippen molar-refractivity contribution in [1.82, 2.24) is 5.43 Å². The third kappa shape index (κ3) is 8.88. The highest BCUT2D eigenvalue weighted by atomic mass is 127. The van der Waals surface area contributed by atoms with E-state index in [2.05, 4.69) is 38.4 Å². The van der Waals surface area contributed by atoms with E-state index in [4.69, 9.17) is 18.9 Å². The van der Waals surface area contributed by atoms with Crippen LogP contribution >= 0.6 is 22.6 Å². The van der Waals surface area contributed by atoms with Crippen molar-refractivity contribution in [3.63, 3.8) is 0 Å². The van der Waals surface area contributed by atoms with Crippen LogP contribution in [-0.4, -0.2) is 44.5 Å². The van der Waals surface area contributed by atoms with Gasteiger partial charge < -0.3 is 24.3 Å². The van der Waals surface area contributed by atoms with Crippen LogP contribution in [0.2, 0.25) is 0 Å². The van der Waals surface area contributed by atoms with E-state index in [9.17, 15) is 9.59 Å². The first-order valence-electron chi connectivity index (χ1n) is 12.5.